The van der Waals surface area contributed by atoms with Crippen molar-refractivity contribution in [2.75, 3.05) is 27.3 Å². The minimum absolute atomic E-state index is 0.113. The monoisotopic (exact) mass is 389 g/mol. The first-order chi connectivity index (χ1) is 12.9. The van der Waals surface area contributed by atoms with Crippen LogP contribution in [0.15, 0.2) is 29.6 Å². The molecule has 1 atom stereocenters. The number of aromatic nitrogens is 2. The lowest BCUT2D eigenvalue weighted by atomic mass is 10.1. The summed E-state index contributed by atoms with van der Waals surface area (Å²) in [7, 11) is 3.59. The van der Waals surface area contributed by atoms with Gasteiger partial charge in [0.2, 0.25) is 5.91 Å². The lowest BCUT2D eigenvalue weighted by Gasteiger charge is -2.23. The van der Waals surface area contributed by atoms with Crippen LogP contribution in [0.4, 0.5) is 0 Å². The quantitative estimate of drug-likeness (QED) is 0.707. The summed E-state index contributed by atoms with van der Waals surface area (Å²) in [6, 6.07) is 5.96. The SMILES string of the molecule is CCn1c(-c2ccc3c(c2)OCCO3)cnc1SC(C(=O)N(C)C)C(C)C. The number of nitrogens with zero attached hydrogens (tertiary/aromatic N) is 3. The van der Waals surface area contributed by atoms with Crippen molar-refractivity contribution in [1.82, 2.24) is 14.5 Å². The van der Waals surface area contributed by atoms with E-state index in [1.54, 1.807) is 19.0 Å². The number of carbonyl (C=O) groups excluding carboxylic acids is 1. The number of imidazole rings is 1. The van der Waals surface area contributed by atoms with E-state index in [4.69, 9.17) is 9.47 Å². The number of benzene rings is 1. The van der Waals surface area contributed by atoms with Crippen molar-refractivity contribution >= 4 is 17.7 Å². The summed E-state index contributed by atoms with van der Waals surface area (Å²) in [5, 5.41) is 0.692. The van der Waals surface area contributed by atoms with Crippen LogP contribution in [-0.4, -0.2) is 52.9 Å². The van der Waals surface area contributed by atoms with Crippen molar-refractivity contribution in [1.29, 1.82) is 0 Å². The molecular weight excluding hydrogens is 362 g/mol. The van der Waals surface area contributed by atoms with Gasteiger partial charge in [-0.3, -0.25) is 4.79 Å². The molecule has 0 N–H and O–H groups in total. The van der Waals surface area contributed by atoms with Crippen LogP contribution in [0, 0.1) is 5.92 Å². The number of ether oxygens (including phenoxy) is 2. The minimum Gasteiger partial charge on any atom is -0.486 e. The molecule has 3 rings (SSSR count). The number of rotatable bonds is 6. The molecule has 0 spiro atoms. The molecule has 7 heteroatoms. The Balaban J connectivity index is 1.92. The molecule has 0 radical (unpaired) electrons. The zero-order chi connectivity index (χ0) is 19.6. The molecule has 2 aromatic rings. The fourth-order valence-corrected chi connectivity index (χ4v) is 4.31. The van der Waals surface area contributed by atoms with Crippen LogP contribution in [0.25, 0.3) is 11.3 Å². The second-order valence-electron chi connectivity index (χ2n) is 7.04. The van der Waals surface area contributed by atoms with E-state index in [0.717, 1.165) is 34.5 Å². The molecule has 0 aliphatic carbocycles. The molecule has 27 heavy (non-hydrogen) atoms. The molecule has 1 aromatic carbocycles. The molecule has 1 amide bonds. The van der Waals surface area contributed by atoms with Gasteiger partial charge in [-0.2, -0.15) is 0 Å². The van der Waals surface area contributed by atoms with Gasteiger partial charge in [-0.1, -0.05) is 25.6 Å². The van der Waals surface area contributed by atoms with E-state index in [1.165, 1.54) is 11.8 Å². The molecule has 1 aliphatic heterocycles. The maximum Gasteiger partial charge on any atom is 0.235 e. The van der Waals surface area contributed by atoms with Gasteiger partial charge in [-0.25, -0.2) is 4.98 Å². The third kappa shape index (κ3) is 4.08. The van der Waals surface area contributed by atoms with Gasteiger partial charge in [-0.15, -0.1) is 0 Å². The summed E-state index contributed by atoms with van der Waals surface area (Å²) in [5.41, 5.74) is 2.04. The molecule has 6 nitrogen and oxygen atoms in total. The van der Waals surface area contributed by atoms with E-state index >= 15 is 0 Å². The number of hydrogen-bond acceptors (Lipinski definition) is 5. The van der Waals surface area contributed by atoms with Crippen LogP contribution in [0.2, 0.25) is 0 Å². The van der Waals surface area contributed by atoms with Gasteiger partial charge in [0.05, 0.1) is 17.1 Å². The first-order valence-corrected chi connectivity index (χ1v) is 10.1. The summed E-state index contributed by atoms with van der Waals surface area (Å²) >= 11 is 1.53. The Morgan fingerprint density at radius 1 is 1.26 bits per heavy atom. The van der Waals surface area contributed by atoms with Crippen LogP contribution >= 0.6 is 11.8 Å². The molecule has 1 aliphatic rings. The average molecular weight is 390 g/mol. The van der Waals surface area contributed by atoms with E-state index < -0.39 is 0 Å². The zero-order valence-electron chi connectivity index (χ0n) is 16.6. The predicted octanol–water partition coefficient (Wildman–Crippen LogP) is 3.55. The number of carbonyl (C=O) groups is 1. The lowest BCUT2D eigenvalue weighted by Crippen LogP contribution is -2.35. The highest BCUT2D eigenvalue weighted by Gasteiger charge is 2.27. The van der Waals surface area contributed by atoms with Crippen LogP contribution < -0.4 is 9.47 Å². The van der Waals surface area contributed by atoms with Gasteiger partial charge in [0.15, 0.2) is 16.7 Å². The van der Waals surface area contributed by atoms with Crippen LogP contribution in [0.5, 0.6) is 11.5 Å². The summed E-state index contributed by atoms with van der Waals surface area (Å²) in [6.45, 7) is 8.14. The molecule has 0 saturated carbocycles. The first-order valence-electron chi connectivity index (χ1n) is 9.25. The highest BCUT2D eigenvalue weighted by atomic mass is 32.2. The van der Waals surface area contributed by atoms with Gasteiger partial charge in [-0.05, 0) is 31.0 Å². The van der Waals surface area contributed by atoms with Crippen LogP contribution in [-0.2, 0) is 11.3 Å². The van der Waals surface area contributed by atoms with Gasteiger partial charge >= 0.3 is 0 Å². The van der Waals surface area contributed by atoms with Crippen molar-refractivity contribution < 1.29 is 14.3 Å². The third-order valence-corrected chi connectivity index (χ3v) is 6.03. The summed E-state index contributed by atoms with van der Waals surface area (Å²) in [4.78, 5) is 18.8. The Morgan fingerprint density at radius 2 is 1.96 bits per heavy atom. The molecular formula is C20H27N3O3S. The topological polar surface area (TPSA) is 56.6 Å². The second kappa shape index (κ2) is 8.25. The largest absolute Gasteiger partial charge is 0.486 e. The van der Waals surface area contributed by atoms with Gasteiger partial charge in [0.25, 0.3) is 0 Å². The summed E-state index contributed by atoms with van der Waals surface area (Å²) < 4.78 is 13.5. The fourth-order valence-electron chi connectivity index (χ4n) is 3.03. The van der Waals surface area contributed by atoms with Crippen molar-refractivity contribution in [2.45, 2.75) is 37.7 Å². The lowest BCUT2D eigenvalue weighted by molar-refractivity contribution is -0.128. The molecule has 0 bridgehead atoms. The summed E-state index contributed by atoms with van der Waals surface area (Å²) in [5.74, 6) is 1.87. The van der Waals surface area contributed by atoms with Crippen molar-refractivity contribution in [3.63, 3.8) is 0 Å². The average Bonchev–Trinajstić information content (AvgIpc) is 3.07. The van der Waals surface area contributed by atoms with Crippen molar-refractivity contribution in [3.05, 3.63) is 24.4 Å². The molecule has 1 aromatic heterocycles. The fraction of sp³-hybridized carbons (Fsp3) is 0.500. The Hall–Kier alpha value is -2.15. The Morgan fingerprint density at radius 3 is 2.59 bits per heavy atom. The van der Waals surface area contributed by atoms with Crippen LogP contribution in [0.1, 0.15) is 20.8 Å². The maximum absolute atomic E-state index is 12.6. The normalized spacial score (nSPS) is 14.3. The number of fused-ring (bicyclic) bond motifs is 1. The smallest absolute Gasteiger partial charge is 0.235 e. The zero-order valence-corrected chi connectivity index (χ0v) is 17.4. The number of hydrogen-bond donors (Lipinski definition) is 0. The highest BCUT2D eigenvalue weighted by molar-refractivity contribution is 8.00. The first kappa shape index (κ1) is 19.6. The van der Waals surface area contributed by atoms with E-state index in [9.17, 15) is 4.79 Å². The maximum atomic E-state index is 12.6. The van der Waals surface area contributed by atoms with Crippen molar-refractivity contribution in [2.24, 2.45) is 5.92 Å². The van der Waals surface area contributed by atoms with E-state index in [1.807, 2.05) is 24.4 Å². The van der Waals surface area contributed by atoms with Crippen LogP contribution in [0.3, 0.4) is 0 Å². The second-order valence-corrected chi connectivity index (χ2v) is 8.15. The molecule has 1 unspecified atom stereocenters. The van der Waals surface area contributed by atoms with Gasteiger partial charge in [0, 0.05) is 26.2 Å². The van der Waals surface area contributed by atoms with Gasteiger partial charge in [0.1, 0.15) is 13.2 Å². The minimum atomic E-state index is -0.166. The Bertz CT molecular complexity index is 817. The predicted molar refractivity (Wildman–Crippen MR) is 108 cm³/mol. The van der Waals surface area contributed by atoms with Gasteiger partial charge < -0.3 is 18.9 Å². The van der Waals surface area contributed by atoms with Crippen molar-refractivity contribution in [3.8, 4) is 22.8 Å². The highest BCUT2D eigenvalue weighted by Crippen LogP contribution is 2.37. The van der Waals surface area contributed by atoms with E-state index in [2.05, 4.69) is 30.3 Å². The molecule has 2 heterocycles. The molecule has 0 fully saturated rings. The standard InChI is InChI=1S/C20H27N3O3S/c1-6-23-15(14-7-8-16-17(11-14)26-10-9-25-16)12-21-20(23)27-18(13(2)3)19(24)22(4)5/h7-8,11-13,18H,6,9-10H2,1-5H3. The number of thioether (sulfide) groups is 1. The van der Waals surface area contributed by atoms with E-state index in [0.29, 0.717) is 13.2 Å². The summed E-state index contributed by atoms with van der Waals surface area (Å²) in [6.07, 6.45) is 1.87. The Labute approximate surface area is 164 Å². The van der Waals surface area contributed by atoms with E-state index in [-0.39, 0.29) is 17.1 Å². The molecule has 146 valence electrons. The molecule has 0 saturated heterocycles. The third-order valence-electron chi connectivity index (χ3n) is 4.50. The Kier molecular flexibility index (Phi) is 5.99. The number of amides is 1.